The Balaban J connectivity index is 1.71. The van der Waals surface area contributed by atoms with Gasteiger partial charge in [-0.1, -0.05) is 37.0 Å². The van der Waals surface area contributed by atoms with Gasteiger partial charge in [-0.05, 0) is 65.2 Å². The molecule has 0 aliphatic carbocycles. The lowest BCUT2D eigenvalue weighted by molar-refractivity contribution is -0.118. The molecule has 1 atom stereocenters. The molecule has 2 N–H and O–H groups in total. The summed E-state index contributed by atoms with van der Waals surface area (Å²) in [5.74, 6) is -0.576. The van der Waals surface area contributed by atoms with Gasteiger partial charge in [0.25, 0.3) is 5.91 Å². The van der Waals surface area contributed by atoms with Crippen LogP contribution in [-0.2, 0) is 4.79 Å². The van der Waals surface area contributed by atoms with Crippen LogP contribution in [0.3, 0.4) is 0 Å². The molecule has 0 aliphatic rings. The first-order chi connectivity index (χ1) is 14.3. The van der Waals surface area contributed by atoms with Gasteiger partial charge in [-0.15, -0.1) is 5.10 Å². The second-order valence-electron chi connectivity index (χ2n) is 7.07. The Morgan fingerprint density at radius 2 is 1.83 bits per heavy atom. The van der Waals surface area contributed by atoms with Gasteiger partial charge >= 0.3 is 0 Å². The van der Waals surface area contributed by atoms with Crippen molar-refractivity contribution >= 4 is 40.7 Å². The van der Waals surface area contributed by atoms with E-state index in [1.165, 1.54) is 23.1 Å². The van der Waals surface area contributed by atoms with E-state index in [2.05, 4.69) is 26.2 Å². The normalized spacial score (nSPS) is 11.9. The van der Waals surface area contributed by atoms with Gasteiger partial charge in [0.05, 0.1) is 16.3 Å². The first kappa shape index (κ1) is 21.7. The zero-order chi connectivity index (χ0) is 21.7. The Bertz CT molecular complexity index is 1020. The first-order valence-corrected chi connectivity index (χ1v) is 9.99. The SMILES string of the molecule is CC(C)C[C@H](NC(=O)c1ccc(Cl)cc1Cl)C(=O)Nc1ccc(-n2cnnn2)cc1. The number of carbonyl (C=O) groups is 2. The maximum atomic E-state index is 12.9. The lowest BCUT2D eigenvalue weighted by Crippen LogP contribution is -2.44. The molecule has 2 aromatic carbocycles. The standard InChI is InChI=1S/C20H20Cl2N6O2/c1-12(2)9-18(25-19(29)16-8-3-13(21)10-17(16)22)20(30)24-14-4-6-15(7-5-14)28-11-23-26-27-28/h3-8,10-12,18H,9H2,1-2H3,(H,24,30)(H,25,29)/t18-/m0/s1. The van der Waals surface area contributed by atoms with E-state index in [-0.39, 0.29) is 22.4 Å². The smallest absolute Gasteiger partial charge is 0.253 e. The molecule has 0 fully saturated rings. The highest BCUT2D eigenvalue weighted by Gasteiger charge is 2.23. The highest BCUT2D eigenvalue weighted by molar-refractivity contribution is 6.36. The van der Waals surface area contributed by atoms with E-state index in [9.17, 15) is 9.59 Å². The van der Waals surface area contributed by atoms with Crippen LogP contribution in [0.2, 0.25) is 10.0 Å². The molecule has 1 heterocycles. The van der Waals surface area contributed by atoms with E-state index in [0.29, 0.717) is 17.1 Å². The van der Waals surface area contributed by atoms with Crippen molar-refractivity contribution in [2.24, 2.45) is 5.92 Å². The quantitative estimate of drug-likeness (QED) is 0.575. The van der Waals surface area contributed by atoms with Crippen LogP contribution in [-0.4, -0.2) is 38.1 Å². The number of benzene rings is 2. The summed E-state index contributed by atoms with van der Waals surface area (Å²) in [6.07, 6.45) is 1.94. The van der Waals surface area contributed by atoms with Crippen LogP contribution < -0.4 is 10.6 Å². The predicted octanol–water partition coefficient (Wildman–Crippen LogP) is 3.75. The van der Waals surface area contributed by atoms with E-state index in [1.54, 1.807) is 30.3 Å². The fraction of sp³-hybridized carbons (Fsp3) is 0.250. The summed E-state index contributed by atoms with van der Waals surface area (Å²) in [4.78, 5) is 25.5. The highest BCUT2D eigenvalue weighted by Crippen LogP contribution is 2.21. The molecule has 30 heavy (non-hydrogen) atoms. The van der Waals surface area contributed by atoms with Crippen molar-refractivity contribution in [2.45, 2.75) is 26.3 Å². The summed E-state index contributed by atoms with van der Waals surface area (Å²) >= 11 is 12.0. The largest absolute Gasteiger partial charge is 0.340 e. The fourth-order valence-electron chi connectivity index (χ4n) is 2.82. The molecule has 8 nitrogen and oxygen atoms in total. The van der Waals surface area contributed by atoms with Crippen LogP contribution in [0, 0.1) is 5.92 Å². The van der Waals surface area contributed by atoms with Crippen molar-refractivity contribution in [3.05, 3.63) is 64.4 Å². The zero-order valence-electron chi connectivity index (χ0n) is 16.3. The molecule has 2 amide bonds. The summed E-state index contributed by atoms with van der Waals surface area (Å²) in [5, 5.41) is 17.2. The molecule has 156 valence electrons. The number of hydrogen-bond acceptors (Lipinski definition) is 5. The van der Waals surface area contributed by atoms with Crippen LogP contribution in [0.15, 0.2) is 48.8 Å². The average molecular weight is 447 g/mol. The number of rotatable bonds is 7. The van der Waals surface area contributed by atoms with Crippen LogP contribution in [0.1, 0.15) is 30.6 Å². The van der Waals surface area contributed by atoms with Gasteiger partial charge in [-0.2, -0.15) is 0 Å². The Morgan fingerprint density at radius 3 is 2.43 bits per heavy atom. The van der Waals surface area contributed by atoms with Crippen LogP contribution in [0.4, 0.5) is 5.69 Å². The number of anilines is 1. The Labute approximate surface area is 183 Å². The van der Waals surface area contributed by atoms with Crippen molar-refractivity contribution in [1.29, 1.82) is 0 Å². The first-order valence-electron chi connectivity index (χ1n) is 9.23. The molecule has 10 heteroatoms. The monoisotopic (exact) mass is 446 g/mol. The number of amides is 2. The molecular weight excluding hydrogens is 427 g/mol. The predicted molar refractivity (Wildman–Crippen MR) is 115 cm³/mol. The number of hydrogen-bond donors (Lipinski definition) is 2. The second-order valence-corrected chi connectivity index (χ2v) is 7.91. The summed E-state index contributed by atoms with van der Waals surface area (Å²) in [6.45, 7) is 3.95. The zero-order valence-corrected chi connectivity index (χ0v) is 17.9. The molecule has 0 saturated carbocycles. The molecule has 0 saturated heterocycles. The van der Waals surface area contributed by atoms with Crippen molar-refractivity contribution in [3.8, 4) is 5.69 Å². The van der Waals surface area contributed by atoms with E-state index in [1.807, 2.05) is 13.8 Å². The molecule has 0 spiro atoms. The van der Waals surface area contributed by atoms with E-state index < -0.39 is 11.9 Å². The fourth-order valence-corrected chi connectivity index (χ4v) is 3.31. The van der Waals surface area contributed by atoms with Gasteiger partial charge in [0, 0.05) is 10.7 Å². The molecule has 1 aromatic heterocycles. The topological polar surface area (TPSA) is 102 Å². The Morgan fingerprint density at radius 1 is 1.10 bits per heavy atom. The number of aromatic nitrogens is 4. The van der Waals surface area contributed by atoms with Gasteiger partial charge in [0.2, 0.25) is 5.91 Å². The van der Waals surface area contributed by atoms with Crippen LogP contribution in [0.5, 0.6) is 0 Å². The number of nitrogens with one attached hydrogen (secondary N) is 2. The lowest BCUT2D eigenvalue weighted by atomic mass is 10.0. The van der Waals surface area contributed by atoms with Crippen molar-refractivity contribution in [2.75, 3.05) is 5.32 Å². The number of tetrazole rings is 1. The molecular formula is C20H20Cl2N6O2. The summed E-state index contributed by atoms with van der Waals surface area (Å²) in [7, 11) is 0. The number of halogens is 2. The highest BCUT2D eigenvalue weighted by atomic mass is 35.5. The van der Waals surface area contributed by atoms with Crippen molar-refractivity contribution in [3.63, 3.8) is 0 Å². The Hall–Kier alpha value is -2.97. The number of carbonyl (C=O) groups excluding carboxylic acids is 2. The molecule has 0 radical (unpaired) electrons. The third-order valence-electron chi connectivity index (χ3n) is 4.25. The van der Waals surface area contributed by atoms with Gasteiger partial charge in [-0.3, -0.25) is 9.59 Å². The Kier molecular flexibility index (Phi) is 7.02. The maximum Gasteiger partial charge on any atom is 0.253 e. The van der Waals surface area contributed by atoms with E-state index in [0.717, 1.165) is 5.69 Å². The average Bonchev–Trinajstić information content (AvgIpc) is 3.22. The molecule has 0 unspecified atom stereocenters. The van der Waals surface area contributed by atoms with Gasteiger partial charge < -0.3 is 10.6 Å². The third kappa shape index (κ3) is 5.55. The minimum atomic E-state index is -0.733. The third-order valence-corrected chi connectivity index (χ3v) is 4.80. The van der Waals surface area contributed by atoms with Crippen LogP contribution >= 0.6 is 23.2 Å². The van der Waals surface area contributed by atoms with Crippen LogP contribution in [0.25, 0.3) is 5.69 Å². The lowest BCUT2D eigenvalue weighted by Gasteiger charge is -2.20. The van der Waals surface area contributed by atoms with Crippen molar-refractivity contribution < 1.29 is 9.59 Å². The number of nitrogens with zero attached hydrogens (tertiary/aromatic N) is 4. The van der Waals surface area contributed by atoms with E-state index in [4.69, 9.17) is 23.2 Å². The molecule has 3 rings (SSSR count). The second kappa shape index (κ2) is 9.69. The van der Waals surface area contributed by atoms with Gasteiger partial charge in [0.15, 0.2) is 0 Å². The maximum absolute atomic E-state index is 12.9. The molecule has 0 bridgehead atoms. The molecule has 0 aliphatic heterocycles. The van der Waals surface area contributed by atoms with Gasteiger partial charge in [-0.25, -0.2) is 4.68 Å². The minimum absolute atomic E-state index is 0.184. The van der Waals surface area contributed by atoms with Crippen molar-refractivity contribution in [1.82, 2.24) is 25.5 Å². The van der Waals surface area contributed by atoms with Gasteiger partial charge in [0.1, 0.15) is 12.4 Å². The molecule has 3 aromatic rings. The summed E-state index contributed by atoms with van der Waals surface area (Å²) in [6, 6.07) is 10.9. The summed E-state index contributed by atoms with van der Waals surface area (Å²) in [5.41, 5.74) is 1.60. The summed E-state index contributed by atoms with van der Waals surface area (Å²) < 4.78 is 1.50. The minimum Gasteiger partial charge on any atom is -0.340 e. The van der Waals surface area contributed by atoms with E-state index >= 15 is 0 Å².